The molecule has 1 aromatic heterocycles. The number of rotatable bonds is 4. The molecule has 0 aliphatic carbocycles. The standard InChI is InChI=1S/C16H21N3O2/c1-16(2,15(20)18(3)4)19-11-13(21-5)14(17-19)12-9-7-6-8-10-12/h6-11H,1-5H3. The lowest BCUT2D eigenvalue weighted by Gasteiger charge is -2.27. The van der Waals surface area contributed by atoms with E-state index in [9.17, 15) is 4.79 Å². The second-order valence-electron chi connectivity index (χ2n) is 5.62. The average Bonchev–Trinajstić information content (AvgIpc) is 2.92. The van der Waals surface area contributed by atoms with Crippen LogP contribution in [0.2, 0.25) is 0 Å². The molecule has 5 heteroatoms. The van der Waals surface area contributed by atoms with Gasteiger partial charge in [0.25, 0.3) is 0 Å². The summed E-state index contributed by atoms with van der Waals surface area (Å²) in [5.41, 5.74) is 0.919. The Hall–Kier alpha value is -2.30. The van der Waals surface area contributed by atoms with Crippen molar-refractivity contribution in [3.63, 3.8) is 0 Å². The van der Waals surface area contributed by atoms with E-state index in [1.807, 2.05) is 44.2 Å². The van der Waals surface area contributed by atoms with Gasteiger partial charge < -0.3 is 9.64 Å². The zero-order chi connectivity index (χ0) is 15.6. The third-order valence-corrected chi connectivity index (χ3v) is 3.45. The van der Waals surface area contributed by atoms with Gasteiger partial charge in [0.15, 0.2) is 5.75 Å². The van der Waals surface area contributed by atoms with Gasteiger partial charge in [-0.05, 0) is 13.8 Å². The van der Waals surface area contributed by atoms with E-state index >= 15 is 0 Å². The molecule has 112 valence electrons. The van der Waals surface area contributed by atoms with Crippen molar-refractivity contribution < 1.29 is 9.53 Å². The van der Waals surface area contributed by atoms with Crippen molar-refractivity contribution in [3.8, 4) is 17.0 Å². The van der Waals surface area contributed by atoms with Crippen LogP contribution >= 0.6 is 0 Å². The fraction of sp³-hybridized carbons (Fsp3) is 0.375. The molecule has 0 aliphatic heterocycles. The molecule has 0 aliphatic rings. The highest BCUT2D eigenvalue weighted by atomic mass is 16.5. The van der Waals surface area contributed by atoms with Crippen molar-refractivity contribution in [2.45, 2.75) is 19.4 Å². The summed E-state index contributed by atoms with van der Waals surface area (Å²) < 4.78 is 7.07. The molecule has 0 spiro atoms. The number of nitrogens with zero attached hydrogens (tertiary/aromatic N) is 3. The number of carbonyl (C=O) groups is 1. The predicted molar refractivity (Wildman–Crippen MR) is 82.2 cm³/mol. The van der Waals surface area contributed by atoms with Crippen LogP contribution in [-0.4, -0.2) is 41.8 Å². The lowest BCUT2D eigenvalue weighted by Crippen LogP contribution is -2.44. The monoisotopic (exact) mass is 287 g/mol. The zero-order valence-corrected chi connectivity index (χ0v) is 13.1. The highest BCUT2D eigenvalue weighted by Gasteiger charge is 2.33. The molecular weight excluding hydrogens is 266 g/mol. The number of methoxy groups -OCH3 is 1. The van der Waals surface area contributed by atoms with Crippen molar-refractivity contribution in [1.82, 2.24) is 14.7 Å². The molecule has 0 unspecified atom stereocenters. The van der Waals surface area contributed by atoms with E-state index in [1.165, 1.54) is 0 Å². The Morgan fingerprint density at radius 2 is 1.86 bits per heavy atom. The van der Waals surface area contributed by atoms with E-state index in [4.69, 9.17) is 4.74 Å². The van der Waals surface area contributed by atoms with Crippen LogP contribution in [0.1, 0.15) is 13.8 Å². The zero-order valence-electron chi connectivity index (χ0n) is 13.1. The fourth-order valence-electron chi connectivity index (χ4n) is 2.24. The number of amides is 1. The molecule has 0 bridgehead atoms. The number of carbonyl (C=O) groups excluding carboxylic acids is 1. The molecule has 0 saturated carbocycles. The minimum Gasteiger partial charge on any atom is -0.493 e. The van der Waals surface area contributed by atoms with Crippen LogP contribution in [0.3, 0.4) is 0 Å². The second-order valence-corrected chi connectivity index (χ2v) is 5.62. The Morgan fingerprint density at radius 3 is 2.38 bits per heavy atom. The number of hydrogen-bond acceptors (Lipinski definition) is 3. The summed E-state index contributed by atoms with van der Waals surface area (Å²) in [5.74, 6) is 0.632. The van der Waals surface area contributed by atoms with Gasteiger partial charge in [0, 0.05) is 19.7 Å². The first-order valence-electron chi connectivity index (χ1n) is 6.79. The van der Waals surface area contributed by atoms with Crippen LogP contribution in [0.15, 0.2) is 36.5 Å². The first-order valence-corrected chi connectivity index (χ1v) is 6.79. The van der Waals surface area contributed by atoms with Crippen LogP contribution in [-0.2, 0) is 10.3 Å². The third kappa shape index (κ3) is 2.77. The Kier molecular flexibility index (Phi) is 4.02. The lowest BCUT2D eigenvalue weighted by molar-refractivity contribution is -0.137. The lowest BCUT2D eigenvalue weighted by atomic mass is 10.0. The van der Waals surface area contributed by atoms with Gasteiger partial charge in [0.05, 0.1) is 13.3 Å². The maximum atomic E-state index is 12.3. The third-order valence-electron chi connectivity index (χ3n) is 3.45. The number of aromatic nitrogens is 2. The molecule has 21 heavy (non-hydrogen) atoms. The average molecular weight is 287 g/mol. The van der Waals surface area contributed by atoms with Gasteiger partial charge in [-0.25, -0.2) is 0 Å². The van der Waals surface area contributed by atoms with Gasteiger partial charge in [-0.2, -0.15) is 5.10 Å². The summed E-state index contributed by atoms with van der Waals surface area (Å²) in [4.78, 5) is 13.9. The van der Waals surface area contributed by atoms with Gasteiger partial charge >= 0.3 is 0 Å². The summed E-state index contributed by atoms with van der Waals surface area (Å²) >= 11 is 0. The van der Waals surface area contributed by atoms with Crippen molar-refractivity contribution in [2.75, 3.05) is 21.2 Å². The smallest absolute Gasteiger partial charge is 0.249 e. The summed E-state index contributed by atoms with van der Waals surface area (Å²) in [6, 6.07) is 9.78. The second kappa shape index (κ2) is 5.60. The summed E-state index contributed by atoms with van der Waals surface area (Å²) in [6.07, 6.45) is 1.77. The van der Waals surface area contributed by atoms with Crippen molar-refractivity contribution >= 4 is 5.91 Å². The Labute approximate surface area is 125 Å². The van der Waals surface area contributed by atoms with Crippen LogP contribution in [0, 0.1) is 0 Å². The summed E-state index contributed by atoms with van der Waals surface area (Å²) in [6.45, 7) is 3.69. The molecule has 0 radical (unpaired) electrons. The van der Waals surface area contributed by atoms with Crippen molar-refractivity contribution in [1.29, 1.82) is 0 Å². The summed E-state index contributed by atoms with van der Waals surface area (Å²) in [5, 5.41) is 4.57. The molecule has 1 aromatic carbocycles. The van der Waals surface area contributed by atoms with Crippen LogP contribution in [0.4, 0.5) is 0 Å². The highest BCUT2D eigenvalue weighted by molar-refractivity contribution is 5.83. The molecule has 2 aromatic rings. The molecule has 0 atom stereocenters. The van der Waals surface area contributed by atoms with Crippen molar-refractivity contribution in [2.24, 2.45) is 0 Å². The minimum absolute atomic E-state index is 0.0211. The predicted octanol–water partition coefficient (Wildman–Crippen LogP) is 2.38. The van der Waals surface area contributed by atoms with E-state index < -0.39 is 5.54 Å². The Morgan fingerprint density at radius 1 is 1.24 bits per heavy atom. The van der Waals surface area contributed by atoms with E-state index in [0.717, 1.165) is 11.3 Å². The van der Waals surface area contributed by atoms with Gasteiger partial charge in [-0.15, -0.1) is 0 Å². The Balaban J connectivity index is 2.49. The van der Waals surface area contributed by atoms with Gasteiger partial charge in [-0.1, -0.05) is 30.3 Å². The van der Waals surface area contributed by atoms with E-state index in [2.05, 4.69) is 5.10 Å². The van der Waals surface area contributed by atoms with Crippen molar-refractivity contribution in [3.05, 3.63) is 36.5 Å². The summed E-state index contributed by atoms with van der Waals surface area (Å²) in [7, 11) is 5.08. The maximum absolute atomic E-state index is 12.3. The molecule has 5 nitrogen and oxygen atoms in total. The number of ether oxygens (including phenoxy) is 1. The van der Waals surface area contributed by atoms with E-state index in [1.54, 1.807) is 37.0 Å². The first kappa shape index (κ1) is 15.1. The Bertz CT molecular complexity index is 630. The SMILES string of the molecule is COc1cn(C(C)(C)C(=O)N(C)C)nc1-c1ccccc1. The topological polar surface area (TPSA) is 47.4 Å². The van der Waals surface area contributed by atoms with Gasteiger partial charge in [0.2, 0.25) is 5.91 Å². The molecule has 2 rings (SSSR count). The highest BCUT2D eigenvalue weighted by Crippen LogP contribution is 2.31. The van der Waals surface area contributed by atoms with Crippen LogP contribution in [0.5, 0.6) is 5.75 Å². The minimum atomic E-state index is -0.774. The quantitative estimate of drug-likeness (QED) is 0.867. The normalized spacial score (nSPS) is 11.3. The number of benzene rings is 1. The van der Waals surface area contributed by atoms with E-state index in [-0.39, 0.29) is 5.91 Å². The maximum Gasteiger partial charge on any atom is 0.249 e. The largest absolute Gasteiger partial charge is 0.493 e. The van der Waals surface area contributed by atoms with Crippen LogP contribution in [0.25, 0.3) is 11.3 Å². The molecular formula is C16H21N3O2. The van der Waals surface area contributed by atoms with Gasteiger partial charge in [0.1, 0.15) is 11.2 Å². The molecule has 1 amide bonds. The first-order chi connectivity index (χ1) is 9.87. The molecule has 1 heterocycles. The van der Waals surface area contributed by atoms with Gasteiger partial charge in [-0.3, -0.25) is 9.48 Å². The molecule has 0 saturated heterocycles. The van der Waals surface area contributed by atoms with Crippen LogP contribution < -0.4 is 4.74 Å². The number of hydrogen-bond donors (Lipinski definition) is 0. The molecule has 0 N–H and O–H groups in total. The number of likely N-dealkylation sites (N-methyl/N-ethyl adjacent to an activating group) is 1. The van der Waals surface area contributed by atoms with E-state index in [0.29, 0.717) is 5.75 Å². The molecule has 0 fully saturated rings. The fourth-order valence-corrected chi connectivity index (χ4v) is 2.24.